The first kappa shape index (κ1) is 16.6. The molecule has 0 bridgehead atoms. The standard InChI is InChI=1S/C16H18FN3O4/c1-9-12(21)13(22)15(24-9)20-8-11(17)14(19-16(20)23)18-7-10-5-3-2-4-6-10/h2-6,8-9,12-13,15,21-22H,7H2,1H3,(H,18,19,23)/t9-,12-,13-,15-/m1/s1. The van der Waals surface area contributed by atoms with Crippen LogP contribution in [0.1, 0.15) is 18.7 Å². The van der Waals surface area contributed by atoms with E-state index in [1.807, 2.05) is 30.3 Å². The van der Waals surface area contributed by atoms with E-state index in [-0.39, 0.29) is 5.82 Å². The largest absolute Gasteiger partial charge is 0.388 e. The fourth-order valence-electron chi connectivity index (χ4n) is 2.59. The Labute approximate surface area is 137 Å². The molecule has 0 aliphatic carbocycles. The van der Waals surface area contributed by atoms with E-state index in [1.54, 1.807) is 6.92 Å². The highest BCUT2D eigenvalue weighted by Crippen LogP contribution is 2.28. The van der Waals surface area contributed by atoms with E-state index in [0.29, 0.717) is 6.54 Å². The van der Waals surface area contributed by atoms with E-state index in [2.05, 4.69) is 10.3 Å². The number of benzene rings is 1. The molecule has 24 heavy (non-hydrogen) atoms. The number of anilines is 1. The molecule has 0 amide bonds. The Balaban J connectivity index is 1.80. The van der Waals surface area contributed by atoms with Crippen LogP contribution in [-0.4, -0.2) is 38.1 Å². The Kier molecular flexibility index (Phi) is 4.61. The Hall–Kier alpha value is -2.29. The Morgan fingerprint density at radius 1 is 1.29 bits per heavy atom. The smallest absolute Gasteiger partial charge is 0.351 e. The summed E-state index contributed by atoms with van der Waals surface area (Å²) in [6.45, 7) is 1.87. The zero-order chi connectivity index (χ0) is 17.3. The minimum absolute atomic E-state index is 0.179. The molecule has 7 nitrogen and oxygen atoms in total. The van der Waals surface area contributed by atoms with Gasteiger partial charge in [0.15, 0.2) is 17.9 Å². The average Bonchev–Trinajstić information content (AvgIpc) is 2.83. The predicted octanol–water partition coefficient (Wildman–Crippen LogP) is 0.634. The molecule has 0 saturated carbocycles. The predicted molar refractivity (Wildman–Crippen MR) is 83.8 cm³/mol. The molecule has 1 aliphatic rings. The number of rotatable bonds is 4. The van der Waals surface area contributed by atoms with Crippen LogP contribution in [0, 0.1) is 5.82 Å². The van der Waals surface area contributed by atoms with Crippen molar-refractivity contribution in [3.05, 3.63) is 58.4 Å². The van der Waals surface area contributed by atoms with Gasteiger partial charge >= 0.3 is 5.69 Å². The van der Waals surface area contributed by atoms with E-state index in [4.69, 9.17) is 4.74 Å². The Morgan fingerprint density at radius 2 is 2.00 bits per heavy atom. The van der Waals surface area contributed by atoms with Gasteiger partial charge in [-0.25, -0.2) is 9.18 Å². The summed E-state index contributed by atoms with van der Waals surface area (Å²) in [7, 11) is 0. The lowest BCUT2D eigenvalue weighted by Gasteiger charge is -2.18. The van der Waals surface area contributed by atoms with Crippen LogP contribution in [0.5, 0.6) is 0 Å². The second-order valence-corrected chi connectivity index (χ2v) is 5.68. The minimum Gasteiger partial charge on any atom is -0.388 e. The molecule has 1 fully saturated rings. The van der Waals surface area contributed by atoms with Crippen molar-refractivity contribution in [2.24, 2.45) is 0 Å². The van der Waals surface area contributed by atoms with E-state index in [0.717, 1.165) is 16.3 Å². The molecule has 3 N–H and O–H groups in total. The number of aliphatic hydroxyl groups is 2. The van der Waals surface area contributed by atoms with Crippen molar-refractivity contribution >= 4 is 5.82 Å². The molecule has 0 radical (unpaired) electrons. The number of aromatic nitrogens is 2. The minimum atomic E-state index is -1.33. The van der Waals surface area contributed by atoms with Gasteiger partial charge in [0.2, 0.25) is 0 Å². The van der Waals surface area contributed by atoms with Crippen LogP contribution in [0.15, 0.2) is 41.3 Å². The van der Waals surface area contributed by atoms with Gasteiger partial charge in [0.25, 0.3) is 0 Å². The Morgan fingerprint density at radius 3 is 2.62 bits per heavy atom. The Bertz CT molecular complexity index is 768. The molecule has 8 heteroatoms. The van der Waals surface area contributed by atoms with Crippen LogP contribution < -0.4 is 11.0 Å². The molecule has 2 aromatic rings. The second-order valence-electron chi connectivity index (χ2n) is 5.68. The molecule has 1 saturated heterocycles. The lowest BCUT2D eigenvalue weighted by molar-refractivity contribution is -0.0355. The molecular weight excluding hydrogens is 317 g/mol. The fourth-order valence-corrected chi connectivity index (χ4v) is 2.59. The van der Waals surface area contributed by atoms with E-state index in [9.17, 15) is 19.4 Å². The van der Waals surface area contributed by atoms with Gasteiger partial charge in [0.1, 0.15) is 12.2 Å². The SMILES string of the molecule is C[C@H]1O[C@@H](n2cc(F)c(NCc3ccccc3)nc2=O)[C@H](O)[C@@H]1O. The number of ether oxygens (including phenoxy) is 1. The van der Waals surface area contributed by atoms with Crippen LogP contribution in [0.2, 0.25) is 0 Å². The highest BCUT2D eigenvalue weighted by molar-refractivity contribution is 5.35. The van der Waals surface area contributed by atoms with E-state index < -0.39 is 36.0 Å². The van der Waals surface area contributed by atoms with Crippen molar-refractivity contribution in [3.8, 4) is 0 Å². The monoisotopic (exact) mass is 335 g/mol. The summed E-state index contributed by atoms with van der Waals surface area (Å²) < 4.78 is 20.4. The van der Waals surface area contributed by atoms with Crippen LogP contribution in [0.4, 0.5) is 10.2 Å². The highest BCUT2D eigenvalue weighted by atomic mass is 19.1. The summed E-state index contributed by atoms with van der Waals surface area (Å²) in [4.78, 5) is 15.8. The molecule has 4 atom stereocenters. The first-order chi connectivity index (χ1) is 11.5. The summed E-state index contributed by atoms with van der Waals surface area (Å²) in [6.07, 6.45) is -3.41. The molecule has 1 aromatic carbocycles. The number of nitrogens with zero attached hydrogens (tertiary/aromatic N) is 2. The van der Waals surface area contributed by atoms with Gasteiger partial charge in [-0.05, 0) is 12.5 Å². The van der Waals surface area contributed by atoms with Gasteiger partial charge in [-0.2, -0.15) is 4.98 Å². The second kappa shape index (κ2) is 6.68. The molecule has 0 unspecified atom stereocenters. The van der Waals surface area contributed by atoms with Crippen LogP contribution >= 0.6 is 0 Å². The molecule has 1 aromatic heterocycles. The van der Waals surface area contributed by atoms with Gasteiger partial charge in [-0.15, -0.1) is 0 Å². The van der Waals surface area contributed by atoms with Crippen molar-refractivity contribution in [2.45, 2.75) is 38.0 Å². The average molecular weight is 335 g/mol. The number of hydrogen-bond donors (Lipinski definition) is 3. The highest BCUT2D eigenvalue weighted by Gasteiger charge is 2.42. The maximum Gasteiger partial charge on any atom is 0.351 e. The molecule has 3 rings (SSSR count). The zero-order valence-electron chi connectivity index (χ0n) is 13.0. The molecular formula is C16H18FN3O4. The van der Waals surface area contributed by atoms with Crippen molar-refractivity contribution < 1.29 is 19.3 Å². The first-order valence-corrected chi connectivity index (χ1v) is 7.55. The molecule has 0 spiro atoms. The zero-order valence-corrected chi connectivity index (χ0v) is 13.0. The van der Waals surface area contributed by atoms with Crippen molar-refractivity contribution in [3.63, 3.8) is 0 Å². The maximum absolute atomic E-state index is 14.2. The van der Waals surface area contributed by atoms with Crippen LogP contribution in [0.3, 0.4) is 0 Å². The van der Waals surface area contributed by atoms with Gasteiger partial charge in [-0.1, -0.05) is 30.3 Å². The molecule has 2 heterocycles. The maximum atomic E-state index is 14.2. The quantitative estimate of drug-likeness (QED) is 0.758. The van der Waals surface area contributed by atoms with E-state index in [1.165, 1.54) is 0 Å². The first-order valence-electron chi connectivity index (χ1n) is 7.55. The third kappa shape index (κ3) is 3.16. The normalized spacial score (nSPS) is 26.5. The van der Waals surface area contributed by atoms with Crippen LogP contribution in [0.25, 0.3) is 0 Å². The molecule has 1 aliphatic heterocycles. The van der Waals surface area contributed by atoms with Crippen molar-refractivity contribution in [1.29, 1.82) is 0 Å². The molecule has 128 valence electrons. The number of aliphatic hydroxyl groups excluding tert-OH is 2. The fraction of sp³-hybridized carbons (Fsp3) is 0.375. The summed E-state index contributed by atoms with van der Waals surface area (Å²) >= 11 is 0. The summed E-state index contributed by atoms with van der Waals surface area (Å²) in [6, 6.07) is 9.29. The van der Waals surface area contributed by atoms with Gasteiger partial charge in [0, 0.05) is 6.54 Å². The lowest BCUT2D eigenvalue weighted by atomic mass is 10.1. The summed E-state index contributed by atoms with van der Waals surface area (Å²) in [5.74, 6) is -0.934. The summed E-state index contributed by atoms with van der Waals surface area (Å²) in [5.41, 5.74) is 0.131. The van der Waals surface area contributed by atoms with Gasteiger partial charge in [0.05, 0.1) is 12.3 Å². The number of nitrogens with one attached hydrogen (secondary N) is 1. The topological polar surface area (TPSA) is 96.6 Å². The number of hydrogen-bond acceptors (Lipinski definition) is 6. The van der Waals surface area contributed by atoms with Crippen LogP contribution in [-0.2, 0) is 11.3 Å². The lowest BCUT2D eigenvalue weighted by Crippen LogP contribution is -2.35. The third-order valence-corrected chi connectivity index (χ3v) is 3.96. The van der Waals surface area contributed by atoms with Gasteiger partial charge in [-0.3, -0.25) is 4.57 Å². The van der Waals surface area contributed by atoms with E-state index >= 15 is 0 Å². The summed E-state index contributed by atoms with van der Waals surface area (Å²) in [5, 5.41) is 22.4. The van der Waals surface area contributed by atoms with Crippen molar-refractivity contribution in [2.75, 3.05) is 5.32 Å². The number of halogens is 1. The van der Waals surface area contributed by atoms with Crippen molar-refractivity contribution in [1.82, 2.24) is 9.55 Å². The van der Waals surface area contributed by atoms with Gasteiger partial charge < -0.3 is 20.3 Å². The third-order valence-electron chi connectivity index (χ3n) is 3.96.